The van der Waals surface area contributed by atoms with Gasteiger partial charge < -0.3 is 4.90 Å². The molecular weight excluding hydrogens is 164 g/mol. The number of nitrogens with zero attached hydrogens (tertiary/aromatic N) is 1. The molecule has 1 atom stereocenters. The highest BCUT2D eigenvalue weighted by Gasteiger charge is 2.46. The Morgan fingerprint density at radius 2 is 2.08 bits per heavy atom. The zero-order valence-electron chi connectivity index (χ0n) is 7.31. The van der Waals surface area contributed by atoms with Gasteiger partial charge in [-0.25, -0.2) is 8.78 Å². The SMILES string of the molecule is CCC(C)C(=O)N1CC(F)(F)C1. The van der Waals surface area contributed by atoms with E-state index in [1.807, 2.05) is 6.92 Å². The Hall–Kier alpha value is -0.670. The van der Waals surface area contributed by atoms with E-state index in [4.69, 9.17) is 0 Å². The summed E-state index contributed by atoms with van der Waals surface area (Å²) in [5, 5.41) is 0. The molecule has 1 aliphatic rings. The molecule has 1 aliphatic heterocycles. The van der Waals surface area contributed by atoms with E-state index < -0.39 is 19.0 Å². The van der Waals surface area contributed by atoms with Crippen LogP contribution in [0.4, 0.5) is 8.78 Å². The molecule has 0 aromatic heterocycles. The standard InChI is InChI=1S/C8H13F2NO/c1-3-6(2)7(12)11-4-8(9,10)5-11/h6H,3-5H2,1-2H3. The largest absolute Gasteiger partial charge is 0.330 e. The van der Waals surface area contributed by atoms with Crippen LogP contribution in [0.2, 0.25) is 0 Å². The molecule has 0 saturated carbocycles. The van der Waals surface area contributed by atoms with Gasteiger partial charge in [0, 0.05) is 5.92 Å². The van der Waals surface area contributed by atoms with Crippen molar-refractivity contribution in [1.29, 1.82) is 0 Å². The molecule has 0 N–H and O–H groups in total. The lowest BCUT2D eigenvalue weighted by Crippen LogP contribution is -2.59. The summed E-state index contributed by atoms with van der Waals surface area (Å²) in [4.78, 5) is 12.5. The molecule has 0 bridgehead atoms. The summed E-state index contributed by atoms with van der Waals surface area (Å²) in [7, 11) is 0. The van der Waals surface area contributed by atoms with Crippen molar-refractivity contribution < 1.29 is 13.6 Å². The summed E-state index contributed by atoms with van der Waals surface area (Å²) in [5.41, 5.74) is 0. The highest BCUT2D eigenvalue weighted by atomic mass is 19.3. The number of rotatable bonds is 2. The topological polar surface area (TPSA) is 20.3 Å². The maximum absolute atomic E-state index is 12.3. The monoisotopic (exact) mass is 177 g/mol. The van der Waals surface area contributed by atoms with Crippen molar-refractivity contribution in [1.82, 2.24) is 4.90 Å². The second kappa shape index (κ2) is 2.99. The van der Waals surface area contributed by atoms with Gasteiger partial charge in [-0.05, 0) is 6.42 Å². The second-order valence-corrected chi connectivity index (χ2v) is 3.36. The molecule has 0 aliphatic carbocycles. The Morgan fingerprint density at radius 3 is 2.42 bits per heavy atom. The van der Waals surface area contributed by atoms with Crippen LogP contribution in [0.1, 0.15) is 20.3 Å². The van der Waals surface area contributed by atoms with Gasteiger partial charge in [-0.3, -0.25) is 4.79 Å². The van der Waals surface area contributed by atoms with Gasteiger partial charge in [-0.1, -0.05) is 13.8 Å². The fraction of sp³-hybridized carbons (Fsp3) is 0.875. The summed E-state index contributed by atoms with van der Waals surface area (Å²) in [6.45, 7) is 2.85. The van der Waals surface area contributed by atoms with Crippen molar-refractivity contribution in [2.75, 3.05) is 13.1 Å². The number of carbonyl (C=O) groups excluding carboxylic acids is 1. The van der Waals surface area contributed by atoms with Crippen LogP contribution >= 0.6 is 0 Å². The lowest BCUT2D eigenvalue weighted by atomic mass is 10.0. The molecule has 1 heterocycles. The number of hydrogen-bond acceptors (Lipinski definition) is 1. The lowest BCUT2D eigenvalue weighted by molar-refractivity contribution is -0.169. The Labute approximate surface area is 70.5 Å². The summed E-state index contributed by atoms with van der Waals surface area (Å²) >= 11 is 0. The highest BCUT2D eigenvalue weighted by molar-refractivity contribution is 5.79. The molecule has 12 heavy (non-hydrogen) atoms. The van der Waals surface area contributed by atoms with Crippen LogP contribution in [0.3, 0.4) is 0 Å². The average molecular weight is 177 g/mol. The number of carbonyl (C=O) groups is 1. The first kappa shape index (κ1) is 9.42. The maximum Gasteiger partial charge on any atom is 0.282 e. The van der Waals surface area contributed by atoms with E-state index in [9.17, 15) is 13.6 Å². The van der Waals surface area contributed by atoms with Crippen molar-refractivity contribution in [2.45, 2.75) is 26.2 Å². The van der Waals surface area contributed by atoms with Crippen LogP contribution in [0.25, 0.3) is 0 Å². The van der Waals surface area contributed by atoms with E-state index in [0.29, 0.717) is 6.42 Å². The third-order valence-corrected chi connectivity index (χ3v) is 2.19. The molecule has 4 heteroatoms. The normalized spacial score (nSPS) is 23.2. The van der Waals surface area contributed by atoms with Gasteiger partial charge in [0.05, 0.1) is 13.1 Å². The number of hydrogen-bond donors (Lipinski definition) is 0. The third-order valence-electron chi connectivity index (χ3n) is 2.19. The van der Waals surface area contributed by atoms with Crippen LogP contribution in [0.5, 0.6) is 0 Å². The molecule has 0 radical (unpaired) electrons. The Bertz CT molecular complexity index is 185. The first-order chi connectivity index (χ1) is 5.46. The van der Waals surface area contributed by atoms with E-state index >= 15 is 0 Å². The second-order valence-electron chi connectivity index (χ2n) is 3.36. The van der Waals surface area contributed by atoms with Crippen LogP contribution in [-0.4, -0.2) is 29.8 Å². The Balaban J connectivity index is 2.38. The van der Waals surface area contributed by atoms with Crippen molar-refractivity contribution in [2.24, 2.45) is 5.92 Å². The zero-order chi connectivity index (χ0) is 9.35. The van der Waals surface area contributed by atoms with Crippen LogP contribution in [0, 0.1) is 5.92 Å². The minimum atomic E-state index is -2.64. The quantitative estimate of drug-likeness (QED) is 0.626. The highest BCUT2D eigenvalue weighted by Crippen LogP contribution is 2.28. The lowest BCUT2D eigenvalue weighted by Gasteiger charge is -2.39. The van der Waals surface area contributed by atoms with Crippen molar-refractivity contribution in [3.05, 3.63) is 0 Å². The molecule has 1 amide bonds. The minimum absolute atomic E-state index is 0.124. The zero-order valence-corrected chi connectivity index (χ0v) is 7.31. The first-order valence-electron chi connectivity index (χ1n) is 4.13. The van der Waals surface area contributed by atoms with Crippen LogP contribution < -0.4 is 0 Å². The summed E-state index contributed by atoms with van der Waals surface area (Å²) in [6, 6.07) is 0. The summed E-state index contributed by atoms with van der Waals surface area (Å²) in [6.07, 6.45) is 0.709. The average Bonchev–Trinajstić information content (AvgIpc) is 1.97. The predicted molar refractivity (Wildman–Crippen MR) is 41.0 cm³/mol. The van der Waals surface area contributed by atoms with Gasteiger partial charge in [0.1, 0.15) is 0 Å². The molecule has 1 unspecified atom stereocenters. The van der Waals surface area contributed by atoms with Crippen LogP contribution in [0.15, 0.2) is 0 Å². The molecule has 0 aromatic rings. The van der Waals surface area contributed by atoms with Gasteiger partial charge in [0.2, 0.25) is 5.91 Å². The summed E-state index contributed by atoms with van der Waals surface area (Å²) < 4.78 is 24.6. The molecule has 1 saturated heterocycles. The van der Waals surface area contributed by atoms with Gasteiger partial charge in [0.25, 0.3) is 5.92 Å². The number of alkyl halides is 2. The van der Waals surface area contributed by atoms with E-state index in [0.717, 1.165) is 0 Å². The fourth-order valence-corrected chi connectivity index (χ4v) is 1.15. The number of amides is 1. The van der Waals surface area contributed by atoms with Gasteiger partial charge >= 0.3 is 0 Å². The Morgan fingerprint density at radius 1 is 1.58 bits per heavy atom. The molecule has 0 aromatic carbocycles. The van der Waals surface area contributed by atoms with E-state index in [2.05, 4.69) is 0 Å². The van der Waals surface area contributed by atoms with Gasteiger partial charge in [-0.2, -0.15) is 0 Å². The minimum Gasteiger partial charge on any atom is -0.330 e. The van der Waals surface area contributed by atoms with Crippen molar-refractivity contribution >= 4 is 5.91 Å². The van der Waals surface area contributed by atoms with E-state index in [-0.39, 0.29) is 11.8 Å². The molecule has 1 rings (SSSR count). The smallest absolute Gasteiger partial charge is 0.282 e. The van der Waals surface area contributed by atoms with E-state index in [1.165, 1.54) is 4.90 Å². The Kier molecular flexibility index (Phi) is 2.35. The number of halogens is 2. The van der Waals surface area contributed by atoms with Crippen molar-refractivity contribution in [3.63, 3.8) is 0 Å². The van der Waals surface area contributed by atoms with Crippen LogP contribution in [-0.2, 0) is 4.79 Å². The third kappa shape index (κ3) is 1.73. The van der Waals surface area contributed by atoms with Gasteiger partial charge in [-0.15, -0.1) is 0 Å². The molecular formula is C8H13F2NO. The predicted octanol–water partition coefficient (Wildman–Crippen LogP) is 1.51. The number of likely N-dealkylation sites (tertiary alicyclic amines) is 1. The van der Waals surface area contributed by atoms with Gasteiger partial charge in [0.15, 0.2) is 0 Å². The first-order valence-corrected chi connectivity index (χ1v) is 4.13. The fourth-order valence-electron chi connectivity index (χ4n) is 1.15. The van der Waals surface area contributed by atoms with E-state index in [1.54, 1.807) is 6.92 Å². The molecule has 0 spiro atoms. The molecule has 1 fully saturated rings. The van der Waals surface area contributed by atoms with Crippen molar-refractivity contribution in [3.8, 4) is 0 Å². The summed E-state index contributed by atoms with van der Waals surface area (Å²) in [5.74, 6) is -2.91. The molecule has 70 valence electrons. The molecule has 2 nitrogen and oxygen atoms in total. The maximum atomic E-state index is 12.3.